The highest BCUT2D eigenvalue weighted by atomic mass is 31.1. The Morgan fingerprint density at radius 3 is 2.30 bits per heavy atom. The molecule has 0 amide bonds. The Balaban J connectivity index is 2.91. The van der Waals surface area contributed by atoms with Gasteiger partial charge in [-0.2, -0.15) is 0 Å². The summed E-state index contributed by atoms with van der Waals surface area (Å²) in [5.41, 5.74) is 0. The molecule has 1 atom stereocenters. The van der Waals surface area contributed by atoms with Crippen molar-refractivity contribution in [1.29, 1.82) is 0 Å². The van der Waals surface area contributed by atoms with Gasteiger partial charge in [0.15, 0.2) is 6.29 Å². The largest absolute Gasteiger partial charge is 0.368 e. The SMILES string of the molecule is CC(C)CPCCC(O)O. The quantitative estimate of drug-likeness (QED) is 0.362. The fourth-order valence-electron chi connectivity index (χ4n) is 0.622. The summed E-state index contributed by atoms with van der Waals surface area (Å²) in [6.07, 6.45) is 1.60. The Kier molecular flexibility index (Phi) is 6.30. The van der Waals surface area contributed by atoms with Gasteiger partial charge in [0.1, 0.15) is 0 Å². The van der Waals surface area contributed by atoms with Crippen molar-refractivity contribution in [2.24, 2.45) is 5.92 Å². The first kappa shape index (κ1) is 10.3. The van der Waals surface area contributed by atoms with E-state index in [9.17, 15) is 0 Å². The molecule has 0 aliphatic rings. The van der Waals surface area contributed by atoms with Crippen LogP contribution in [0, 0.1) is 5.92 Å². The maximum atomic E-state index is 8.48. The molecule has 1 unspecified atom stereocenters. The van der Waals surface area contributed by atoms with E-state index in [1.54, 1.807) is 0 Å². The Morgan fingerprint density at radius 1 is 1.30 bits per heavy atom. The lowest BCUT2D eigenvalue weighted by Gasteiger charge is -2.05. The zero-order valence-corrected chi connectivity index (χ0v) is 7.67. The molecule has 0 bridgehead atoms. The normalized spacial score (nSPS) is 12.6. The fraction of sp³-hybridized carbons (Fsp3) is 1.00. The average molecular weight is 164 g/mol. The van der Waals surface area contributed by atoms with Crippen LogP contribution in [-0.4, -0.2) is 28.8 Å². The van der Waals surface area contributed by atoms with Crippen LogP contribution in [0.5, 0.6) is 0 Å². The van der Waals surface area contributed by atoms with Crippen LogP contribution in [-0.2, 0) is 0 Å². The van der Waals surface area contributed by atoms with Crippen LogP contribution >= 0.6 is 8.58 Å². The summed E-state index contributed by atoms with van der Waals surface area (Å²) in [6, 6.07) is 0. The highest BCUT2D eigenvalue weighted by Gasteiger charge is 1.97. The Morgan fingerprint density at radius 2 is 1.90 bits per heavy atom. The van der Waals surface area contributed by atoms with Gasteiger partial charge in [-0.05, 0) is 18.2 Å². The molecular weight excluding hydrogens is 147 g/mol. The van der Waals surface area contributed by atoms with Crippen molar-refractivity contribution in [3.05, 3.63) is 0 Å². The van der Waals surface area contributed by atoms with Gasteiger partial charge in [-0.1, -0.05) is 13.8 Å². The summed E-state index contributed by atoms with van der Waals surface area (Å²) < 4.78 is 0. The van der Waals surface area contributed by atoms with Crippen LogP contribution in [0.2, 0.25) is 0 Å². The average Bonchev–Trinajstić information content (AvgIpc) is 1.79. The van der Waals surface area contributed by atoms with Crippen LogP contribution in [0.15, 0.2) is 0 Å². The van der Waals surface area contributed by atoms with Crippen molar-refractivity contribution in [2.45, 2.75) is 26.6 Å². The van der Waals surface area contributed by atoms with Crippen molar-refractivity contribution < 1.29 is 10.2 Å². The Hall–Kier alpha value is 0.350. The molecule has 0 radical (unpaired) electrons. The zero-order valence-electron chi connectivity index (χ0n) is 6.67. The molecular formula is C7H17O2P. The van der Waals surface area contributed by atoms with Crippen LogP contribution in [0.25, 0.3) is 0 Å². The fourth-order valence-corrected chi connectivity index (χ4v) is 1.87. The number of aliphatic hydroxyl groups excluding tert-OH is 1. The van der Waals surface area contributed by atoms with Crippen LogP contribution in [0.3, 0.4) is 0 Å². The molecule has 0 fully saturated rings. The molecule has 0 heterocycles. The summed E-state index contributed by atoms with van der Waals surface area (Å²) >= 11 is 0. The van der Waals surface area contributed by atoms with Gasteiger partial charge in [-0.3, -0.25) is 0 Å². The van der Waals surface area contributed by atoms with E-state index in [0.717, 1.165) is 20.7 Å². The molecule has 2 nitrogen and oxygen atoms in total. The second-order valence-corrected chi connectivity index (χ2v) is 4.28. The van der Waals surface area contributed by atoms with Gasteiger partial charge in [0.2, 0.25) is 0 Å². The van der Waals surface area contributed by atoms with Crippen LogP contribution < -0.4 is 0 Å². The molecule has 0 aromatic carbocycles. The Labute approximate surface area is 64.4 Å². The standard InChI is InChI=1S/C7H17O2P/c1-6(2)5-10-4-3-7(8)9/h6-10H,3-5H2,1-2H3. The lowest BCUT2D eigenvalue weighted by atomic mass is 10.3. The van der Waals surface area contributed by atoms with E-state index in [4.69, 9.17) is 10.2 Å². The molecule has 0 rings (SSSR count). The highest BCUT2D eigenvalue weighted by Crippen LogP contribution is 2.16. The minimum atomic E-state index is -1.10. The van der Waals surface area contributed by atoms with E-state index >= 15 is 0 Å². The highest BCUT2D eigenvalue weighted by molar-refractivity contribution is 7.37. The number of hydrogen-bond donors (Lipinski definition) is 2. The smallest absolute Gasteiger partial charge is 0.151 e. The predicted octanol–water partition coefficient (Wildman–Crippen LogP) is 1.02. The number of aliphatic hydroxyl groups is 2. The van der Waals surface area contributed by atoms with E-state index < -0.39 is 6.29 Å². The number of hydrogen-bond acceptors (Lipinski definition) is 2. The van der Waals surface area contributed by atoms with Gasteiger partial charge in [-0.25, -0.2) is 0 Å². The Bertz CT molecular complexity index is 64.0. The van der Waals surface area contributed by atoms with E-state index in [0.29, 0.717) is 6.42 Å². The third-order valence-corrected chi connectivity index (χ3v) is 2.88. The van der Waals surface area contributed by atoms with E-state index in [1.807, 2.05) is 0 Å². The van der Waals surface area contributed by atoms with Crippen molar-refractivity contribution in [3.8, 4) is 0 Å². The van der Waals surface area contributed by atoms with E-state index in [1.165, 1.54) is 6.16 Å². The molecule has 0 saturated heterocycles. The molecule has 62 valence electrons. The van der Waals surface area contributed by atoms with E-state index in [2.05, 4.69) is 13.8 Å². The maximum Gasteiger partial charge on any atom is 0.151 e. The minimum Gasteiger partial charge on any atom is -0.368 e. The molecule has 2 N–H and O–H groups in total. The molecule has 0 saturated carbocycles. The van der Waals surface area contributed by atoms with Crippen LogP contribution in [0.4, 0.5) is 0 Å². The minimum absolute atomic E-state index is 0.533. The van der Waals surface area contributed by atoms with Crippen molar-refractivity contribution in [3.63, 3.8) is 0 Å². The number of rotatable bonds is 5. The molecule has 0 aromatic heterocycles. The van der Waals surface area contributed by atoms with Crippen molar-refractivity contribution >= 4 is 8.58 Å². The summed E-state index contributed by atoms with van der Waals surface area (Å²) in [7, 11) is 0.885. The van der Waals surface area contributed by atoms with Gasteiger partial charge in [-0.15, -0.1) is 8.58 Å². The zero-order chi connectivity index (χ0) is 7.98. The van der Waals surface area contributed by atoms with Gasteiger partial charge in [0, 0.05) is 6.42 Å². The van der Waals surface area contributed by atoms with Gasteiger partial charge < -0.3 is 10.2 Å². The monoisotopic (exact) mass is 164 g/mol. The summed E-state index contributed by atoms with van der Waals surface area (Å²) in [4.78, 5) is 0. The summed E-state index contributed by atoms with van der Waals surface area (Å²) in [5, 5.41) is 17.0. The molecule has 0 aliphatic carbocycles. The third kappa shape index (κ3) is 8.35. The maximum absolute atomic E-state index is 8.48. The van der Waals surface area contributed by atoms with E-state index in [-0.39, 0.29) is 0 Å². The first-order valence-electron chi connectivity index (χ1n) is 3.69. The lowest BCUT2D eigenvalue weighted by molar-refractivity contribution is -0.0405. The molecule has 3 heteroatoms. The molecule has 10 heavy (non-hydrogen) atoms. The van der Waals surface area contributed by atoms with Crippen LogP contribution in [0.1, 0.15) is 20.3 Å². The van der Waals surface area contributed by atoms with Crippen molar-refractivity contribution in [1.82, 2.24) is 0 Å². The summed E-state index contributed by atoms with van der Waals surface area (Å²) in [6.45, 7) is 4.37. The second kappa shape index (κ2) is 6.09. The molecule has 0 spiro atoms. The molecule has 0 aliphatic heterocycles. The lowest BCUT2D eigenvalue weighted by Crippen LogP contribution is -2.04. The predicted molar refractivity (Wildman–Crippen MR) is 45.7 cm³/mol. The van der Waals surface area contributed by atoms with Gasteiger partial charge >= 0.3 is 0 Å². The van der Waals surface area contributed by atoms with Gasteiger partial charge in [0.25, 0.3) is 0 Å². The second-order valence-electron chi connectivity index (χ2n) is 2.87. The summed E-state index contributed by atoms with van der Waals surface area (Å²) in [5.74, 6) is 0.745. The van der Waals surface area contributed by atoms with Crippen molar-refractivity contribution in [2.75, 3.05) is 12.3 Å². The first-order chi connectivity index (χ1) is 4.63. The van der Waals surface area contributed by atoms with Gasteiger partial charge in [0.05, 0.1) is 0 Å². The first-order valence-corrected chi connectivity index (χ1v) is 5.11. The topological polar surface area (TPSA) is 40.5 Å². The third-order valence-electron chi connectivity index (χ3n) is 1.13. The molecule has 0 aromatic rings.